The van der Waals surface area contributed by atoms with Crippen molar-refractivity contribution >= 4 is 21.9 Å². The van der Waals surface area contributed by atoms with Crippen LogP contribution in [-0.4, -0.2) is 36.6 Å². The zero-order chi connectivity index (χ0) is 14.8. The molecule has 0 saturated heterocycles. The number of carboxylic acid groups (broad SMARTS) is 1. The van der Waals surface area contributed by atoms with E-state index in [2.05, 4.69) is 5.16 Å². The highest BCUT2D eigenvalue weighted by molar-refractivity contribution is 7.89. The van der Waals surface area contributed by atoms with Crippen LogP contribution in [-0.2, 0) is 19.6 Å². The van der Waals surface area contributed by atoms with Gasteiger partial charge in [0.1, 0.15) is 16.6 Å². The Morgan fingerprint density at radius 2 is 2.05 bits per heavy atom. The molecule has 0 aliphatic carbocycles. The zero-order valence-corrected chi connectivity index (χ0v) is 11.0. The van der Waals surface area contributed by atoms with Crippen LogP contribution in [0.25, 0.3) is 0 Å². The molecule has 1 amide bonds. The van der Waals surface area contributed by atoms with Crippen molar-refractivity contribution < 1.29 is 27.6 Å². The van der Waals surface area contributed by atoms with Gasteiger partial charge in [0, 0.05) is 0 Å². The number of carbonyl (C=O) groups is 2. The maximum absolute atomic E-state index is 12.0. The summed E-state index contributed by atoms with van der Waals surface area (Å²) in [7, 11) is -4.16. The number of carbonyl (C=O) groups excluding carboxylic acids is 1. The summed E-state index contributed by atoms with van der Waals surface area (Å²) in [4.78, 5) is 21.3. The molecule has 10 heteroatoms. The van der Waals surface area contributed by atoms with Crippen LogP contribution in [0.4, 0.5) is 0 Å². The van der Waals surface area contributed by atoms with Gasteiger partial charge in [0.05, 0.1) is 6.42 Å². The van der Waals surface area contributed by atoms with E-state index in [0.717, 1.165) is 0 Å². The fourth-order valence-electron chi connectivity index (χ4n) is 1.49. The molecule has 0 spiro atoms. The van der Waals surface area contributed by atoms with E-state index >= 15 is 0 Å². The molecule has 0 aromatic carbocycles. The first-order chi connectivity index (χ1) is 8.65. The number of rotatable bonds is 6. The lowest BCUT2D eigenvalue weighted by Gasteiger charge is -2.12. The van der Waals surface area contributed by atoms with Gasteiger partial charge < -0.3 is 15.4 Å². The Bertz CT molecular complexity index is 586. The first-order valence-electron chi connectivity index (χ1n) is 5.11. The van der Waals surface area contributed by atoms with Gasteiger partial charge in [0.25, 0.3) is 0 Å². The molecule has 9 nitrogen and oxygen atoms in total. The maximum Gasteiger partial charge on any atom is 0.322 e. The van der Waals surface area contributed by atoms with Crippen molar-refractivity contribution in [2.45, 2.75) is 31.2 Å². The lowest BCUT2D eigenvalue weighted by atomic mass is 10.2. The minimum atomic E-state index is -4.16. The molecule has 1 atom stereocenters. The number of primary amides is 1. The smallest absolute Gasteiger partial charge is 0.322 e. The molecule has 1 aromatic rings. The second kappa shape index (κ2) is 5.36. The standard InChI is InChI=1S/C9H13N3O6S/c1-4-8(5(2)18-11-4)19(16,17)12-6(9(14)15)3-7(10)13/h6,12H,3H2,1-2H3,(H2,10,13)(H,14,15)/t6-/m0/s1. The number of hydrogen-bond donors (Lipinski definition) is 3. The molecule has 1 aromatic heterocycles. The van der Waals surface area contributed by atoms with Crippen molar-refractivity contribution in [2.75, 3.05) is 0 Å². The normalized spacial score (nSPS) is 13.2. The summed E-state index contributed by atoms with van der Waals surface area (Å²) in [6.45, 7) is 2.77. The van der Waals surface area contributed by atoms with Crippen LogP contribution in [0.1, 0.15) is 17.9 Å². The van der Waals surface area contributed by atoms with Crippen molar-refractivity contribution in [1.29, 1.82) is 0 Å². The number of aromatic nitrogens is 1. The van der Waals surface area contributed by atoms with Crippen LogP contribution in [0.15, 0.2) is 9.42 Å². The zero-order valence-electron chi connectivity index (χ0n) is 10.2. The third-order valence-corrected chi connectivity index (χ3v) is 3.95. The molecular formula is C9H13N3O6S. The number of carboxylic acids is 1. The summed E-state index contributed by atoms with van der Waals surface area (Å²) in [5.74, 6) is -2.42. The van der Waals surface area contributed by atoms with Crippen molar-refractivity contribution in [3.63, 3.8) is 0 Å². The number of amides is 1. The highest BCUT2D eigenvalue weighted by Gasteiger charge is 2.31. The minimum Gasteiger partial charge on any atom is -0.480 e. The van der Waals surface area contributed by atoms with Crippen LogP contribution in [0.5, 0.6) is 0 Å². The molecule has 0 aliphatic rings. The van der Waals surface area contributed by atoms with Gasteiger partial charge in [-0.25, -0.2) is 8.42 Å². The van der Waals surface area contributed by atoms with Crippen molar-refractivity contribution in [2.24, 2.45) is 5.73 Å². The summed E-state index contributed by atoms with van der Waals surface area (Å²) in [6.07, 6.45) is -0.655. The highest BCUT2D eigenvalue weighted by atomic mass is 32.2. The van der Waals surface area contributed by atoms with Gasteiger partial charge in [-0.1, -0.05) is 5.16 Å². The van der Waals surface area contributed by atoms with E-state index in [1.54, 1.807) is 0 Å². The number of aliphatic carboxylic acids is 1. The number of sulfonamides is 1. The molecule has 19 heavy (non-hydrogen) atoms. The summed E-state index contributed by atoms with van der Waals surface area (Å²) in [5.41, 5.74) is 4.95. The summed E-state index contributed by atoms with van der Waals surface area (Å²) in [5, 5.41) is 12.3. The summed E-state index contributed by atoms with van der Waals surface area (Å²) in [6, 6.07) is -1.64. The fourth-order valence-corrected chi connectivity index (χ4v) is 3.00. The molecule has 0 saturated carbocycles. The Labute approximate surface area is 108 Å². The fraction of sp³-hybridized carbons (Fsp3) is 0.444. The van der Waals surface area contributed by atoms with Crippen LogP contribution < -0.4 is 10.5 Å². The lowest BCUT2D eigenvalue weighted by Crippen LogP contribution is -2.43. The number of hydrogen-bond acceptors (Lipinski definition) is 6. The van der Waals surface area contributed by atoms with Crippen LogP contribution >= 0.6 is 0 Å². The van der Waals surface area contributed by atoms with Gasteiger partial charge in [-0.3, -0.25) is 9.59 Å². The molecule has 106 valence electrons. The molecule has 0 unspecified atom stereocenters. The van der Waals surface area contributed by atoms with Crippen molar-refractivity contribution in [3.05, 3.63) is 11.5 Å². The second-order valence-electron chi connectivity index (χ2n) is 3.84. The van der Waals surface area contributed by atoms with Gasteiger partial charge in [-0.05, 0) is 13.8 Å². The Morgan fingerprint density at radius 3 is 2.42 bits per heavy atom. The Morgan fingerprint density at radius 1 is 1.47 bits per heavy atom. The molecule has 0 fully saturated rings. The highest BCUT2D eigenvalue weighted by Crippen LogP contribution is 2.19. The lowest BCUT2D eigenvalue weighted by molar-refractivity contribution is -0.140. The molecule has 0 radical (unpaired) electrons. The van der Waals surface area contributed by atoms with Crippen molar-refractivity contribution in [3.8, 4) is 0 Å². The van der Waals surface area contributed by atoms with Gasteiger partial charge in [0.2, 0.25) is 15.9 Å². The molecule has 4 N–H and O–H groups in total. The van der Waals surface area contributed by atoms with Crippen LogP contribution in [0, 0.1) is 13.8 Å². The topological polar surface area (TPSA) is 153 Å². The third kappa shape index (κ3) is 3.51. The predicted molar refractivity (Wildman–Crippen MR) is 61.5 cm³/mol. The first kappa shape index (κ1) is 15.1. The monoisotopic (exact) mass is 291 g/mol. The molecule has 0 aliphatic heterocycles. The Kier molecular flexibility index (Phi) is 4.27. The van der Waals surface area contributed by atoms with E-state index in [-0.39, 0.29) is 16.3 Å². The van der Waals surface area contributed by atoms with Crippen molar-refractivity contribution in [1.82, 2.24) is 9.88 Å². The van der Waals surface area contributed by atoms with E-state index in [1.165, 1.54) is 13.8 Å². The predicted octanol–water partition coefficient (Wildman–Crippen LogP) is -1.10. The molecule has 1 heterocycles. The minimum absolute atomic E-state index is 0.0215. The summed E-state index contributed by atoms with van der Waals surface area (Å²) < 4.78 is 30.6. The number of aryl methyl sites for hydroxylation is 2. The SMILES string of the molecule is Cc1noc(C)c1S(=O)(=O)N[C@@H](CC(N)=O)C(=O)O. The molecular weight excluding hydrogens is 278 g/mol. The number of nitrogens with zero attached hydrogens (tertiary/aromatic N) is 1. The van der Waals surface area contributed by atoms with E-state index < -0.39 is 34.4 Å². The molecule has 1 rings (SSSR count). The maximum atomic E-state index is 12.0. The van der Waals surface area contributed by atoms with Crippen LogP contribution in [0.2, 0.25) is 0 Å². The van der Waals surface area contributed by atoms with Gasteiger partial charge in [-0.2, -0.15) is 4.72 Å². The Balaban J connectivity index is 3.08. The van der Waals surface area contributed by atoms with Gasteiger partial charge in [-0.15, -0.1) is 0 Å². The average Bonchev–Trinajstić information content (AvgIpc) is 2.56. The first-order valence-corrected chi connectivity index (χ1v) is 6.59. The molecule has 0 bridgehead atoms. The van der Waals surface area contributed by atoms with Crippen LogP contribution in [0.3, 0.4) is 0 Å². The van der Waals surface area contributed by atoms with E-state index in [1.807, 2.05) is 4.72 Å². The van der Waals surface area contributed by atoms with Gasteiger partial charge in [0.15, 0.2) is 5.76 Å². The quantitative estimate of drug-likeness (QED) is 0.601. The third-order valence-electron chi connectivity index (χ3n) is 2.24. The van der Waals surface area contributed by atoms with E-state index in [9.17, 15) is 18.0 Å². The number of nitrogens with two attached hydrogens (primary N) is 1. The Hall–Kier alpha value is -1.94. The number of nitrogens with one attached hydrogen (secondary N) is 1. The van der Waals surface area contributed by atoms with Gasteiger partial charge >= 0.3 is 5.97 Å². The largest absolute Gasteiger partial charge is 0.480 e. The van der Waals surface area contributed by atoms with E-state index in [0.29, 0.717) is 0 Å². The summed E-state index contributed by atoms with van der Waals surface area (Å²) >= 11 is 0. The second-order valence-corrected chi connectivity index (χ2v) is 5.49. The van der Waals surface area contributed by atoms with E-state index in [4.69, 9.17) is 15.4 Å². The average molecular weight is 291 g/mol.